The summed E-state index contributed by atoms with van der Waals surface area (Å²) in [5.41, 5.74) is 0.0351. The molecule has 3 nitrogen and oxygen atoms in total. The number of hydrogen-bond donors (Lipinski definition) is 2. The summed E-state index contributed by atoms with van der Waals surface area (Å²) in [6.45, 7) is 4.09. The second-order valence-corrected chi connectivity index (χ2v) is 5.03. The Hall–Kier alpha value is -0.280. The highest BCUT2D eigenvalue weighted by molar-refractivity contribution is 5.85. The third-order valence-corrected chi connectivity index (χ3v) is 3.74. The smallest absolute Gasteiger partial charge is 0.226 e. The zero-order chi connectivity index (χ0) is 10.7. The molecule has 0 spiro atoms. The first-order chi connectivity index (χ1) is 7.27. The molecule has 0 bridgehead atoms. The van der Waals surface area contributed by atoms with E-state index in [0.29, 0.717) is 11.9 Å². The second kappa shape index (κ2) is 5.87. The van der Waals surface area contributed by atoms with Crippen LogP contribution in [0.4, 0.5) is 0 Å². The fourth-order valence-electron chi connectivity index (χ4n) is 2.55. The van der Waals surface area contributed by atoms with Crippen molar-refractivity contribution in [1.29, 1.82) is 0 Å². The molecule has 0 radical (unpaired) electrons. The van der Waals surface area contributed by atoms with E-state index in [1.165, 1.54) is 12.8 Å². The summed E-state index contributed by atoms with van der Waals surface area (Å²) >= 11 is 0. The standard InChI is InChI=1S/C12H22N2O.ClH/c1-2-5-12(6-7-12)11(15)14-9-10-4-3-8-13-10;/h10,13H,2-9H2,1H3,(H,14,15);1H. The van der Waals surface area contributed by atoms with E-state index in [4.69, 9.17) is 0 Å². The summed E-state index contributed by atoms with van der Waals surface area (Å²) < 4.78 is 0. The van der Waals surface area contributed by atoms with Crippen LogP contribution in [-0.4, -0.2) is 25.0 Å². The van der Waals surface area contributed by atoms with Gasteiger partial charge in [0.1, 0.15) is 0 Å². The molecule has 1 unspecified atom stereocenters. The van der Waals surface area contributed by atoms with Gasteiger partial charge in [-0.3, -0.25) is 4.79 Å². The van der Waals surface area contributed by atoms with E-state index >= 15 is 0 Å². The van der Waals surface area contributed by atoms with Gasteiger partial charge in [0.15, 0.2) is 0 Å². The van der Waals surface area contributed by atoms with Crippen LogP contribution in [0.5, 0.6) is 0 Å². The minimum atomic E-state index is 0. The van der Waals surface area contributed by atoms with Gasteiger partial charge in [-0.2, -0.15) is 0 Å². The van der Waals surface area contributed by atoms with Gasteiger partial charge in [-0.1, -0.05) is 13.3 Å². The van der Waals surface area contributed by atoms with Crippen molar-refractivity contribution in [2.24, 2.45) is 5.41 Å². The van der Waals surface area contributed by atoms with Gasteiger partial charge in [0.05, 0.1) is 0 Å². The van der Waals surface area contributed by atoms with E-state index in [-0.39, 0.29) is 17.8 Å². The summed E-state index contributed by atoms with van der Waals surface area (Å²) in [6.07, 6.45) is 6.85. The van der Waals surface area contributed by atoms with Gasteiger partial charge in [-0.15, -0.1) is 12.4 Å². The predicted octanol–water partition coefficient (Wildman–Crippen LogP) is 1.86. The van der Waals surface area contributed by atoms with Crippen molar-refractivity contribution < 1.29 is 4.79 Å². The number of hydrogen-bond acceptors (Lipinski definition) is 2. The molecule has 1 aliphatic carbocycles. The number of halogens is 1. The molecule has 1 aliphatic heterocycles. The molecule has 1 saturated heterocycles. The maximum absolute atomic E-state index is 11.9. The molecule has 2 rings (SSSR count). The van der Waals surface area contributed by atoms with Crippen LogP contribution >= 0.6 is 12.4 Å². The fourth-order valence-corrected chi connectivity index (χ4v) is 2.55. The lowest BCUT2D eigenvalue weighted by Crippen LogP contribution is -2.40. The Morgan fingerprint density at radius 3 is 2.75 bits per heavy atom. The van der Waals surface area contributed by atoms with Crippen molar-refractivity contribution in [3.63, 3.8) is 0 Å². The van der Waals surface area contributed by atoms with E-state index in [1.54, 1.807) is 0 Å². The molecular weight excluding hydrogens is 224 g/mol. The Morgan fingerprint density at radius 2 is 2.25 bits per heavy atom. The molecule has 1 heterocycles. The van der Waals surface area contributed by atoms with E-state index in [1.807, 2.05) is 0 Å². The maximum Gasteiger partial charge on any atom is 0.226 e. The zero-order valence-electron chi connectivity index (χ0n) is 10.1. The van der Waals surface area contributed by atoms with Crippen molar-refractivity contribution in [1.82, 2.24) is 10.6 Å². The van der Waals surface area contributed by atoms with Crippen LogP contribution in [0.3, 0.4) is 0 Å². The Balaban J connectivity index is 0.00000128. The fraction of sp³-hybridized carbons (Fsp3) is 0.917. The van der Waals surface area contributed by atoms with Crippen LogP contribution in [0, 0.1) is 5.41 Å². The number of carbonyl (C=O) groups is 1. The Bertz CT molecular complexity index is 235. The number of amides is 1. The molecule has 1 saturated carbocycles. The van der Waals surface area contributed by atoms with Gasteiger partial charge in [-0.05, 0) is 38.6 Å². The highest BCUT2D eigenvalue weighted by atomic mass is 35.5. The van der Waals surface area contributed by atoms with Crippen LogP contribution < -0.4 is 10.6 Å². The summed E-state index contributed by atoms with van der Waals surface area (Å²) in [4.78, 5) is 11.9. The van der Waals surface area contributed by atoms with Crippen LogP contribution in [0.1, 0.15) is 45.4 Å². The van der Waals surface area contributed by atoms with Gasteiger partial charge >= 0.3 is 0 Å². The molecule has 0 aromatic heterocycles. The Labute approximate surface area is 104 Å². The number of carbonyl (C=O) groups excluding carboxylic acids is 1. The quantitative estimate of drug-likeness (QED) is 0.778. The first kappa shape index (κ1) is 13.8. The largest absolute Gasteiger partial charge is 0.354 e. The lowest BCUT2D eigenvalue weighted by Gasteiger charge is -2.16. The molecule has 4 heteroatoms. The van der Waals surface area contributed by atoms with Crippen LogP contribution in [0.2, 0.25) is 0 Å². The molecule has 2 aliphatic rings. The summed E-state index contributed by atoms with van der Waals surface area (Å²) in [7, 11) is 0. The van der Waals surface area contributed by atoms with Crippen LogP contribution in [0.25, 0.3) is 0 Å². The van der Waals surface area contributed by atoms with Crippen molar-refractivity contribution in [3.8, 4) is 0 Å². The predicted molar refractivity (Wildman–Crippen MR) is 67.9 cm³/mol. The summed E-state index contributed by atoms with van der Waals surface area (Å²) in [5, 5.41) is 6.51. The lowest BCUT2D eigenvalue weighted by molar-refractivity contribution is -0.126. The van der Waals surface area contributed by atoms with Gasteiger partial charge in [0.25, 0.3) is 0 Å². The van der Waals surface area contributed by atoms with E-state index in [0.717, 1.165) is 38.8 Å². The molecular formula is C12H23ClN2O. The van der Waals surface area contributed by atoms with Crippen LogP contribution in [-0.2, 0) is 4.79 Å². The molecule has 1 amide bonds. The number of nitrogens with one attached hydrogen (secondary N) is 2. The third-order valence-electron chi connectivity index (χ3n) is 3.74. The molecule has 94 valence electrons. The molecule has 2 fully saturated rings. The SMILES string of the molecule is CCCC1(C(=O)NCC2CCCN2)CC1.Cl. The van der Waals surface area contributed by atoms with Gasteiger partial charge in [-0.25, -0.2) is 0 Å². The zero-order valence-corrected chi connectivity index (χ0v) is 10.9. The minimum absolute atomic E-state index is 0. The Kier molecular flexibility index (Phi) is 5.06. The summed E-state index contributed by atoms with van der Waals surface area (Å²) in [6, 6.07) is 0.520. The molecule has 0 aromatic carbocycles. The topological polar surface area (TPSA) is 41.1 Å². The van der Waals surface area contributed by atoms with Gasteiger partial charge in [0.2, 0.25) is 5.91 Å². The van der Waals surface area contributed by atoms with E-state index in [2.05, 4.69) is 17.6 Å². The monoisotopic (exact) mass is 246 g/mol. The average molecular weight is 247 g/mol. The molecule has 0 aromatic rings. The first-order valence-corrected chi connectivity index (χ1v) is 6.28. The molecule has 16 heavy (non-hydrogen) atoms. The van der Waals surface area contributed by atoms with Crippen LogP contribution in [0.15, 0.2) is 0 Å². The van der Waals surface area contributed by atoms with E-state index < -0.39 is 0 Å². The van der Waals surface area contributed by atoms with Gasteiger partial charge < -0.3 is 10.6 Å². The molecule has 1 atom stereocenters. The molecule has 2 N–H and O–H groups in total. The highest BCUT2D eigenvalue weighted by Crippen LogP contribution is 2.49. The van der Waals surface area contributed by atoms with Crippen molar-refractivity contribution in [3.05, 3.63) is 0 Å². The normalized spacial score (nSPS) is 25.9. The first-order valence-electron chi connectivity index (χ1n) is 6.28. The van der Waals surface area contributed by atoms with Crippen molar-refractivity contribution in [2.75, 3.05) is 13.1 Å². The second-order valence-electron chi connectivity index (χ2n) is 5.03. The maximum atomic E-state index is 11.9. The minimum Gasteiger partial charge on any atom is -0.354 e. The van der Waals surface area contributed by atoms with Gasteiger partial charge in [0, 0.05) is 18.0 Å². The van der Waals surface area contributed by atoms with E-state index in [9.17, 15) is 4.79 Å². The third kappa shape index (κ3) is 3.11. The number of rotatable bonds is 5. The van der Waals surface area contributed by atoms with Crippen molar-refractivity contribution in [2.45, 2.75) is 51.5 Å². The highest BCUT2D eigenvalue weighted by Gasteiger charge is 2.48. The average Bonchev–Trinajstić information content (AvgIpc) is 2.83. The summed E-state index contributed by atoms with van der Waals surface area (Å²) in [5.74, 6) is 0.304. The Morgan fingerprint density at radius 1 is 1.50 bits per heavy atom. The van der Waals surface area contributed by atoms with Crippen molar-refractivity contribution >= 4 is 18.3 Å². The lowest BCUT2D eigenvalue weighted by atomic mass is 9.99.